The van der Waals surface area contributed by atoms with E-state index in [1.165, 1.54) is 68.8 Å². The Hall–Kier alpha value is -1.74. The summed E-state index contributed by atoms with van der Waals surface area (Å²) in [4.78, 5) is 14.2. The normalized spacial score (nSPS) is 45.0. The summed E-state index contributed by atoms with van der Waals surface area (Å²) >= 11 is 0. The van der Waals surface area contributed by atoms with E-state index in [9.17, 15) is 18.3 Å². The number of piperazine rings is 1. The van der Waals surface area contributed by atoms with Crippen LogP contribution in [-0.2, 0) is 10.0 Å². The fourth-order valence-corrected chi connectivity index (χ4v) is 17.3. The predicted molar refractivity (Wildman–Crippen MR) is 214 cm³/mol. The lowest BCUT2D eigenvalue weighted by atomic mass is 9.33. The van der Waals surface area contributed by atoms with Crippen molar-refractivity contribution in [1.82, 2.24) is 14.5 Å². The number of fused-ring (bicyclic) bond motifs is 9. The third-order valence-electron chi connectivity index (χ3n) is 18.4. The topological polar surface area (TPSA) is 90.0 Å². The van der Waals surface area contributed by atoms with Crippen LogP contribution < -0.4 is 5.32 Å². The Balaban J connectivity index is 1.03. The highest BCUT2D eigenvalue weighted by molar-refractivity contribution is 7.88. The van der Waals surface area contributed by atoms with Crippen molar-refractivity contribution in [2.24, 2.45) is 57.2 Å². The number of aromatic carboxylic acids is 1. The number of nitrogens with zero attached hydrogens (tertiary/aromatic N) is 2. The van der Waals surface area contributed by atoms with Crippen molar-refractivity contribution in [2.75, 3.05) is 32.4 Å². The predicted octanol–water partition coefficient (Wildman–Crippen LogP) is 8.57. The maximum atomic E-state index is 12.5. The molecule has 4 saturated carbocycles. The number of likely N-dealkylation sites (tertiary alicyclic amines) is 1. The van der Waals surface area contributed by atoms with Crippen molar-refractivity contribution in [2.45, 2.75) is 137 Å². The van der Waals surface area contributed by atoms with Crippen LogP contribution in [0.25, 0.3) is 5.57 Å². The molecule has 2 bridgehead atoms. The lowest BCUT2D eigenvalue weighted by Crippen LogP contribution is -2.68. The molecule has 7 nitrogen and oxygen atoms in total. The fourth-order valence-electron chi connectivity index (χ4n) is 15.9. The number of sulfonamides is 1. The molecule has 2 saturated heterocycles. The molecule has 53 heavy (non-hydrogen) atoms. The van der Waals surface area contributed by atoms with Crippen LogP contribution >= 0.6 is 0 Å². The van der Waals surface area contributed by atoms with E-state index in [4.69, 9.17) is 0 Å². The van der Waals surface area contributed by atoms with Gasteiger partial charge in [-0.1, -0.05) is 66.7 Å². The Morgan fingerprint density at radius 2 is 1.64 bits per heavy atom. The first-order valence-electron chi connectivity index (χ1n) is 21.2. The maximum absolute atomic E-state index is 12.5. The molecule has 8 heteroatoms. The van der Waals surface area contributed by atoms with Gasteiger partial charge in [-0.3, -0.25) is 4.90 Å². The number of rotatable bonds is 8. The summed E-state index contributed by atoms with van der Waals surface area (Å²) in [6.45, 7) is 23.7. The van der Waals surface area contributed by atoms with Gasteiger partial charge in [0.2, 0.25) is 10.0 Å². The van der Waals surface area contributed by atoms with Crippen LogP contribution in [0.1, 0.15) is 136 Å². The summed E-state index contributed by atoms with van der Waals surface area (Å²) in [5, 5.41) is 13.9. The average Bonchev–Trinajstić information content (AvgIpc) is 3.73. The minimum atomic E-state index is -3.17. The highest BCUT2D eigenvalue weighted by Crippen LogP contribution is 2.76. The number of carbonyl (C=O) groups is 1. The van der Waals surface area contributed by atoms with Crippen LogP contribution in [0.15, 0.2) is 30.3 Å². The average molecular weight is 748 g/mol. The van der Waals surface area contributed by atoms with Crippen molar-refractivity contribution >= 4 is 21.6 Å². The molecule has 2 N–H and O–H groups in total. The van der Waals surface area contributed by atoms with Gasteiger partial charge in [0.25, 0.3) is 0 Å². The van der Waals surface area contributed by atoms with Gasteiger partial charge >= 0.3 is 5.97 Å². The van der Waals surface area contributed by atoms with Crippen LogP contribution in [0.3, 0.4) is 0 Å². The molecule has 1 aromatic rings. The smallest absolute Gasteiger partial charge is 0.335 e. The van der Waals surface area contributed by atoms with Crippen molar-refractivity contribution in [1.29, 1.82) is 0 Å². The molecule has 0 amide bonds. The molecular formula is C45H69N3O4S. The van der Waals surface area contributed by atoms with E-state index in [-0.39, 0.29) is 21.9 Å². The summed E-state index contributed by atoms with van der Waals surface area (Å²) < 4.78 is 26.8. The lowest BCUT2D eigenvalue weighted by molar-refractivity contribution is -0.221. The number of nitrogens with one attached hydrogen (secondary N) is 1. The molecule has 0 spiro atoms. The van der Waals surface area contributed by atoms with E-state index in [2.05, 4.69) is 71.7 Å². The first-order chi connectivity index (χ1) is 24.7. The number of hydrogen-bond donors (Lipinski definition) is 2. The van der Waals surface area contributed by atoms with Crippen LogP contribution in [0.5, 0.6) is 0 Å². The van der Waals surface area contributed by atoms with Crippen LogP contribution in [0.4, 0.5) is 0 Å². The minimum Gasteiger partial charge on any atom is -0.478 e. The Kier molecular flexibility index (Phi) is 8.91. The van der Waals surface area contributed by atoms with Gasteiger partial charge < -0.3 is 10.4 Å². The first kappa shape index (κ1) is 38.1. The van der Waals surface area contributed by atoms with Gasteiger partial charge in [-0.25, -0.2) is 13.2 Å². The van der Waals surface area contributed by atoms with Gasteiger partial charge in [0, 0.05) is 43.3 Å². The van der Waals surface area contributed by atoms with E-state index in [0.29, 0.717) is 52.7 Å². The van der Waals surface area contributed by atoms with E-state index in [0.717, 1.165) is 44.3 Å². The second-order valence-electron chi connectivity index (χ2n) is 21.3. The molecule has 2 aliphatic heterocycles. The molecule has 3 unspecified atom stereocenters. The molecule has 0 aromatic heterocycles. The summed E-state index contributed by atoms with van der Waals surface area (Å²) in [5.41, 5.74) is 3.78. The van der Waals surface area contributed by atoms with Crippen LogP contribution in [0, 0.1) is 57.2 Å². The maximum Gasteiger partial charge on any atom is 0.335 e. The second kappa shape index (κ2) is 12.4. The summed E-state index contributed by atoms with van der Waals surface area (Å²) in [7, 11) is -3.17. The van der Waals surface area contributed by atoms with Gasteiger partial charge in [-0.15, -0.1) is 0 Å². The number of allylic oxidation sites excluding steroid dienone is 2. The number of hydrogen-bond acceptors (Lipinski definition) is 5. The highest BCUT2D eigenvalue weighted by atomic mass is 32.2. The summed E-state index contributed by atoms with van der Waals surface area (Å²) in [6, 6.07) is 7.97. The quantitative estimate of drug-likeness (QED) is 0.277. The minimum absolute atomic E-state index is 0.0198. The zero-order chi connectivity index (χ0) is 38.1. The molecule has 11 atom stereocenters. The summed E-state index contributed by atoms with van der Waals surface area (Å²) in [6.07, 6.45) is 16.5. The number of carboxylic acids is 1. The SMILES string of the molecule is CC(C)[C@@H]1CC[C@]2(NCCN3C[C@]4(C)C[C@H]3CN4S(C)(=O)=O)CC[C@]3(C)[C@H](CCC4[C@@]5(C)CC=C(c6ccc(C(=O)O)cc6)C(C)(C)C5CC[C@]43C)C12. The highest BCUT2D eigenvalue weighted by Gasteiger charge is 2.70. The van der Waals surface area contributed by atoms with Gasteiger partial charge in [0.15, 0.2) is 0 Å². The van der Waals surface area contributed by atoms with Crippen LogP contribution in [0.2, 0.25) is 0 Å². The van der Waals surface area contributed by atoms with Gasteiger partial charge in [-0.05, 0) is 152 Å². The third kappa shape index (κ3) is 5.47. The Labute approximate surface area is 321 Å². The molecule has 6 fully saturated rings. The van der Waals surface area contributed by atoms with Crippen molar-refractivity contribution < 1.29 is 18.3 Å². The molecule has 5 aliphatic carbocycles. The van der Waals surface area contributed by atoms with Gasteiger partial charge in [0.05, 0.1) is 11.8 Å². The molecule has 2 heterocycles. The Morgan fingerprint density at radius 1 is 0.925 bits per heavy atom. The zero-order valence-electron chi connectivity index (χ0n) is 34.3. The summed E-state index contributed by atoms with van der Waals surface area (Å²) in [5.74, 6) is 3.32. The molecule has 294 valence electrons. The molecule has 8 rings (SSSR count). The van der Waals surface area contributed by atoms with E-state index in [1.54, 1.807) is 16.4 Å². The monoisotopic (exact) mass is 748 g/mol. The standard InChI is InChI=1S/C45H69N3O4S/c1-29(2)33-16-21-45(46-24-25-47-28-41(5)26-32(47)27-48(41)53(9,51)52)23-22-43(7)35(38(33)45)14-15-37-42(6)19-17-34(30-10-12-31(13-11-30)39(49)50)40(3,4)36(42)18-20-44(37,43)8/h10-13,17,29,32-33,35-38,46H,14-16,18-28H2,1-9H3,(H,49,50)/t32-,33-,35+,36?,37?,38?,41-,42-,43+,44+,45-/m0/s1. The molecule has 7 aliphatic rings. The molecule has 1 aromatic carbocycles. The third-order valence-corrected chi connectivity index (χ3v) is 19.7. The number of benzene rings is 1. The molecular weight excluding hydrogens is 679 g/mol. The van der Waals surface area contributed by atoms with Crippen molar-refractivity contribution in [3.63, 3.8) is 0 Å². The van der Waals surface area contributed by atoms with Gasteiger partial charge in [0.1, 0.15) is 0 Å². The Morgan fingerprint density at radius 3 is 2.26 bits per heavy atom. The fraction of sp³-hybridized carbons (Fsp3) is 0.800. The largest absolute Gasteiger partial charge is 0.478 e. The van der Waals surface area contributed by atoms with Crippen molar-refractivity contribution in [3.05, 3.63) is 41.5 Å². The van der Waals surface area contributed by atoms with E-state index < -0.39 is 16.0 Å². The van der Waals surface area contributed by atoms with E-state index >= 15 is 0 Å². The molecule has 0 radical (unpaired) electrons. The zero-order valence-corrected chi connectivity index (χ0v) is 35.1. The lowest BCUT2D eigenvalue weighted by Gasteiger charge is -2.72. The van der Waals surface area contributed by atoms with E-state index in [1.807, 2.05) is 12.1 Å². The van der Waals surface area contributed by atoms with Crippen LogP contribution in [-0.4, -0.2) is 78.3 Å². The second-order valence-corrected chi connectivity index (χ2v) is 23.2. The first-order valence-corrected chi connectivity index (χ1v) is 23.1. The number of carboxylic acid groups (broad SMARTS) is 1. The van der Waals surface area contributed by atoms with Gasteiger partial charge in [-0.2, -0.15) is 4.31 Å². The Bertz CT molecular complexity index is 1770. The van der Waals surface area contributed by atoms with Crippen molar-refractivity contribution in [3.8, 4) is 0 Å².